The summed E-state index contributed by atoms with van der Waals surface area (Å²) in [6.07, 6.45) is 3.79. The number of nitrogens with zero attached hydrogens (tertiary/aromatic N) is 3. The average molecular weight is 216 g/mol. The van der Waals surface area contributed by atoms with Crippen molar-refractivity contribution in [3.63, 3.8) is 0 Å². The highest BCUT2D eigenvalue weighted by Gasteiger charge is 2.17. The van der Waals surface area contributed by atoms with Gasteiger partial charge in [0.15, 0.2) is 0 Å². The molecule has 0 amide bonds. The molecule has 1 saturated heterocycles. The van der Waals surface area contributed by atoms with E-state index in [0.717, 1.165) is 25.4 Å². The average Bonchev–Trinajstić information content (AvgIpc) is 2.51. The first-order chi connectivity index (χ1) is 6.77. The highest BCUT2D eigenvalue weighted by Crippen LogP contribution is 2.17. The molecule has 0 aromatic carbocycles. The van der Waals surface area contributed by atoms with Crippen LogP contribution in [-0.2, 0) is 11.3 Å². The summed E-state index contributed by atoms with van der Waals surface area (Å²) in [5.41, 5.74) is 0. The van der Waals surface area contributed by atoms with E-state index in [1.165, 1.54) is 12.8 Å². The van der Waals surface area contributed by atoms with Crippen LogP contribution in [-0.4, -0.2) is 27.5 Å². The first kappa shape index (κ1) is 9.93. The minimum atomic E-state index is 0.274. The third-order valence-corrected chi connectivity index (χ3v) is 2.83. The molecule has 2 heterocycles. The van der Waals surface area contributed by atoms with Gasteiger partial charge in [-0.3, -0.25) is 4.57 Å². The molecular formula is C9H14ClN3O. The van der Waals surface area contributed by atoms with Crippen LogP contribution in [0.3, 0.4) is 0 Å². The molecule has 1 fully saturated rings. The van der Waals surface area contributed by atoms with Crippen LogP contribution in [0.2, 0.25) is 5.28 Å². The summed E-state index contributed by atoms with van der Waals surface area (Å²) < 4.78 is 7.53. The fraction of sp³-hybridized carbons (Fsp3) is 0.778. The van der Waals surface area contributed by atoms with E-state index in [0.29, 0.717) is 5.28 Å². The molecule has 1 aliphatic heterocycles. The third-order valence-electron chi connectivity index (χ3n) is 2.55. The maximum Gasteiger partial charge on any atom is 0.225 e. The smallest absolute Gasteiger partial charge is 0.225 e. The Bertz CT molecular complexity index is 288. The summed E-state index contributed by atoms with van der Waals surface area (Å²) in [6.45, 7) is 3.54. The van der Waals surface area contributed by atoms with Gasteiger partial charge in [-0.05, 0) is 37.8 Å². The second-order valence-corrected chi connectivity index (χ2v) is 3.95. The third kappa shape index (κ3) is 2.07. The van der Waals surface area contributed by atoms with Crippen LogP contribution in [0.15, 0.2) is 0 Å². The molecule has 2 rings (SSSR count). The highest BCUT2D eigenvalue weighted by molar-refractivity contribution is 6.28. The van der Waals surface area contributed by atoms with Gasteiger partial charge in [-0.2, -0.15) is 0 Å². The van der Waals surface area contributed by atoms with Gasteiger partial charge >= 0.3 is 0 Å². The lowest BCUT2D eigenvalue weighted by atomic mass is 10.1. The van der Waals surface area contributed by atoms with Crippen molar-refractivity contribution in [1.82, 2.24) is 14.8 Å². The summed E-state index contributed by atoms with van der Waals surface area (Å²) in [6, 6.07) is 0. The van der Waals surface area contributed by atoms with Crippen molar-refractivity contribution >= 4 is 11.6 Å². The van der Waals surface area contributed by atoms with Crippen LogP contribution in [0.4, 0.5) is 0 Å². The Morgan fingerprint density at radius 2 is 2.36 bits per heavy atom. The topological polar surface area (TPSA) is 39.9 Å². The SMILES string of the molecule is Cc1nnc(Cl)n1CC1CCCCO1. The molecule has 1 aliphatic rings. The van der Waals surface area contributed by atoms with Gasteiger partial charge in [-0.1, -0.05) is 0 Å². The summed E-state index contributed by atoms with van der Waals surface area (Å²) in [7, 11) is 0. The van der Waals surface area contributed by atoms with Gasteiger partial charge in [-0.25, -0.2) is 0 Å². The van der Waals surface area contributed by atoms with E-state index in [1.807, 2.05) is 11.5 Å². The maximum absolute atomic E-state index is 5.90. The van der Waals surface area contributed by atoms with Crippen LogP contribution >= 0.6 is 11.6 Å². The van der Waals surface area contributed by atoms with Crippen molar-refractivity contribution in [2.45, 2.75) is 38.8 Å². The first-order valence-electron chi connectivity index (χ1n) is 4.94. The number of ether oxygens (including phenoxy) is 1. The molecule has 14 heavy (non-hydrogen) atoms. The van der Waals surface area contributed by atoms with Gasteiger partial charge in [-0.15, -0.1) is 10.2 Å². The van der Waals surface area contributed by atoms with E-state index in [-0.39, 0.29) is 6.10 Å². The molecule has 0 bridgehead atoms. The monoisotopic (exact) mass is 215 g/mol. The van der Waals surface area contributed by atoms with E-state index in [1.54, 1.807) is 0 Å². The lowest BCUT2D eigenvalue weighted by molar-refractivity contribution is 0.00565. The number of rotatable bonds is 2. The van der Waals surface area contributed by atoms with Gasteiger partial charge in [0.05, 0.1) is 12.6 Å². The fourth-order valence-electron chi connectivity index (χ4n) is 1.72. The predicted molar refractivity (Wildman–Crippen MR) is 53.4 cm³/mol. The molecule has 5 heteroatoms. The van der Waals surface area contributed by atoms with Crippen molar-refractivity contribution in [3.8, 4) is 0 Å². The summed E-state index contributed by atoms with van der Waals surface area (Å²) in [4.78, 5) is 0. The van der Waals surface area contributed by atoms with Crippen LogP contribution in [0.1, 0.15) is 25.1 Å². The van der Waals surface area contributed by atoms with Crippen molar-refractivity contribution in [3.05, 3.63) is 11.1 Å². The number of aromatic nitrogens is 3. The van der Waals surface area contributed by atoms with E-state index in [2.05, 4.69) is 10.2 Å². The van der Waals surface area contributed by atoms with Gasteiger partial charge in [0.25, 0.3) is 0 Å². The maximum atomic E-state index is 5.90. The zero-order valence-electron chi connectivity index (χ0n) is 8.24. The quantitative estimate of drug-likeness (QED) is 0.756. The number of halogens is 1. The molecule has 4 nitrogen and oxygen atoms in total. The highest BCUT2D eigenvalue weighted by atomic mass is 35.5. The summed E-state index contributed by atoms with van der Waals surface area (Å²) in [5, 5.41) is 8.17. The Kier molecular flexibility index (Phi) is 3.03. The second kappa shape index (κ2) is 4.28. The molecular weight excluding hydrogens is 202 g/mol. The Morgan fingerprint density at radius 1 is 1.50 bits per heavy atom. The largest absolute Gasteiger partial charge is 0.376 e. The molecule has 0 spiro atoms. The fourth-order valence-corrected chi connectivity index (χ4v) is 1.95. The Morgan fingerprint density at radius 3 is 2.93 bits per heavy atom. The lowest BCUT2D eigenvalue weighted by Gasteiger charge is -2.23. The normalized spacial score (nSPS) is 22.6. The van der Waals surface area contributed by atoms with Crippen LogP contribution < -0.4 is 0 Å². The molecule has 1 unspecified atom stereocenters. The predicted octanol–water partition coefficient (Wildman–Crippen LogP) is 1.81. The number of hydrogen-bond donors (Lipinski definition) is 0. The zero-order chi connectivity index (χ0) is 9.97. The van der Waals surface area contributed by atoms with Gasteiger partial charge in [0.2, 0.25) is 5.28 Å². The van der Waals surface area contributed by atoms with Crippen molar-refractivity contribution < 1.29 is 4.74 Å². The van der Waals surface area contributed by atoms with Gasteiger partial charge < -0.3 is 4.74 Å². The van der Waals surface area contributed by atoms with Crippen LogP contribution in [0.25, 0.3) is 0 Å². The molecule has 0 saturated carbocycles. The minimum absolute atomic E-state index is 0.274. The second-order valence-electron chi connectivity index (χ2n) is 3.62. The van der Waals surface area contributed by atoms with E-state index in [9.17, 15) is 0 Å². The minimum Gasteiger partial charge on any atom is -0.376 e. The van der Waals surface area contributed by atoms with Crippen LogP contribution in [0, 0.1) is 6.92 Å². The molecule has 78 valence electrons. The Balaban J connectivity index is 2.02. The molecule has 1 aromatic rings. The first-order valence-corrected chi connectivity index (χ1v) is 5.32. The van der Waals surface area contributed by atoms with Crippen molar-refractivity contribution in [2.24, 2.45) is 0 Å². The molecule has 0 aliphatic carbocycles. The Hall–Kier alpha value is -0.610. The number of hydrogen-bond acceptors (Lipinski definition) is 3. The van der Waals surface area contributed by atoms with Gasteiger partial charge in [0, 0.05) is 6.61 Å². The molecule has 1 aromatic heterocycles. The van der Waals surface area contributed by atoms with Crippen LogP contribution in [0.5, 0.6) is 0 Å². The van der Waals surface area contributed by atoms with Gasteiger partial charge in [0.1, 0.15) is 5.82 Å². The standard InChI is InChI=1S/C9H14ClN3O/c1-7-11-12-9(10)13(7)6-8-4-2-3-5-14-8/h8H,2-6H2,1H3. The van der Waals surface area contributed by atoms with E-state index >= 15 is 0 Å². The summed E-state index contributed by atoms with van der Waals surface area (Å²) in [5.74, 6) is 0.851. The number of aryl methyl sites for hydroxylation is 1. The molecule has 1 atom stereocenters. The van der Waals surface area contributed by atoms with E-state index in [4.69, 9.17) is 16.3 Å². The lowest BCUT2D eigenvalue weighted by Crippen LogP contribution is -2.25. The van der Waals surface area contributed by atoms with E-state index < -0.39 is 0 Å². The summed E-state index contributed by atoms with van der Waals surface area (Å²) >= 11 is 5.90. The zero-order valence-corrected chi connectivity index (χ0v) is 9.00. The Labute approximate surface area is 88.2 Å². The van der Waals surface area contributed by atoms with Crippen molar-refractivity contribution in [2.75, 3.05) is 6.61 Å². The van der Waals surface area contributed by atoms with Crippen molar-refractivity contribution in [1.29, 1.82) is 0 Å². The molecule has 0 N–H and O–H groups in total. The molecule has 0 radical (unpaired) electrons.